The van der Waals surface area contributed by atoms with Gasteiger partial charge >= 0.3 is 0 Å². The molecule has 1 aromatic heterocycles. The molecule has 4 heteroatoms. The zero-order valence-corrected chi connectivity index (χ0v) is 13.8. The van der Waals surface area contributed by atoms with Crippen molar-refractivity contribution in [2.75, 3.05) is 19.6 Å². The van der Waals surface area contributed by atoms with Crippen molar-refractivity contribution in [3.63, 3.8) is 0 Å². The molecule has 0 spiro atoms. The molecule has 0 aliphatic carbocycles. The summed E-state index contributed by atoms with van der Waals surface area (Å²) in [6.45, 7) is 6.79. The number of hydrogen-bond acceptors (Lipinski definition) is 3. The lowest BCUT2D eigenvalue weighted by Gasteiger charge is -2.22. The Morgan fingerprint density at radius 2 is 1.68 bits per heavy atom. The lowest BCUT2D eigenvalue weighted by molar-refractivity contribution is 0.119. The van der Waals surface area contributed by atoms with E-state index in [0.29, 0.717) is 6.54 Å². The van der Waals surface area contributed by atoms with Crippen molar-refractivity contribution in [2.45, 2.75) is 20.0 Å². The van der Waals surface area contributed by atoms with Gasteiger partial charge in [-0.1, -0.05) is 38.1 Å². The third-order valence-electron chi connectivity index (χ3n) is 4.11. The monoisotopic (exact) mass is 319 g/mol. The fraction of sp³-hybridized carbons (Fsp3) is 0.333. The normalized spacial score (nSPS) is 12.7. The second-order valence-corrected chi connectivity index (χ2v) is 5.36. The minimum atomic E-state index is -0.469. The van der Waals surface area contributed by atoms with Gasteiger partial charge in [-0.15, -0.1) is 12.4 Å². The average molecular weight is 320 g/mol. The second-order valence-electron chi connectivity index (χ2n) is 5.36. The number of halogens is 1. The highest BCUT2D eigenvalue weighted by atomic mass is 35.5. The Morgan fingerprint density at radius 3 is 2.41 bits per heavy atom. The third-order valence-corrected chi connectivity index (χ3v) is 4.11. The molecule has 1 N–H and O–H groups in total. The molecule has 1 heterocycles. The molecule has 0 aliphatic heterocycles. The summed E-state index contributed by atoms with van der Waals surface area (Å²) >= 11 is 0. The van der Waals surface area contributed by atoms with Gasteiger partial charge in [-0.3, -0.25) is 0 Å². The van der Waals surface area contributed by atoms with Crippen LogP contribution < -0.4 is 0 Å². The van der Waals surface area contributed by atoms with Crippen molar-refractivity contribution in [3.8, 4) is 0 Å². The van der Waals surface area contributed by atoms with Gasteiger partial charge in [-0.2, -0.15) is 0 Å². The topological polar surface area (TPSA) is 36.6 Å². The summed E-state index contributed by atoms with van der Waals surface area (Å²) in [4.78, 5) is 2.22. The van der Waals surface area contributed by atoms with E-state index in [1.807, 2.05) is 30.3 Å². The van der Waals surface area contributed by atoms with Crippen LogP contribution >= 0.6 is 12.4 Å². The molecular weight excluding hydrogens is 298 g/mol. The van der Waals surface area contributed by atoms with Gasteiger partial charge in [-0.25, -0.2) is 0 Å². The quantitative estimate of drug-likeness (QED) is 0.758. The van der Waals surface area contributed by atoms with E-state index in [1.165, 1.54) is 0 Å². The lowest BCUT2D eigenvalue weighted by atomic mass is 10.0. The number of fused-ring (bicyclic) bond motifs is 3. The van der Waals surface area contributed by atoms with Crippen molar-refractivity contribution in [1.29, 1.82) is 0 Å². The first-order chi connectivity index (χ1) is 10.2. The van der Waals surface area contributed by atoms with Crippen LogP contribution in [0.15, 0.2) is 46.9 Å². The molecule has 3 rings (SSSR count). The smallest absolute Gasteiger partial charge is 0.135 e. The van der Waals surface area contributed by atoms with Gasteiger partial charge in [-0.05, 0) is 36.9 Å². The van der Waals surface area contributed by atoms with Crippen LogP contribution in [0.2, 0.25) is 0 Å². The average Bonchev–Trinajstić information content (AvgIpc) is 2.90. The number of nitrogens with zero attached hydrogens (tertiary/aromatic N) is 1. The minimum Gasteiger partial charge on any atom is -0.456 e. The van der Waals surface area contributed by atoms with E-state index in [9.17, 15) is 5.11 Å². The van der Waals surface area contributed by atoms with Gasteiger partial charge in [0.25, 0.3) is 0 Å². The number of para-hydroxylation sites is 1. The molecule has 3 aromatic rings. The van der Waals surface area contributed by atoms with Gasteiger partial charge < -0.3 is 14.4 Å². The number of aliphatic hydroxyl groups excluding tert-OH is 1. The molecule has 1 atom stereocenters. The van der Waals surface area contributed by atoms with Crippen LogP contribution in [0.3, 0.4) is 0 Å². The van der Waals surface area contributed by atoms with Gasteiger partial charge in [0.15, 0.2) is 0 Å². The molecule has 0 amide bonds. The van der Waals surface area contributed by atoms with E-state index >= 15 is 0 Å². The van der Waals surface area contributed by atoms with Gasteiger partial charge in [0.2, 0.25) is 0 Å². The maximum Gasteiger partial charge on any atom is 0.135 e. The molecule has 3 nitrogen and oxygen atoms in total. The Labute approximate surface area is 136 Å². The molecule has 2 aromatic carbocycles. The molecule has 0 saturated heterocycles. The van der Waals surface area contributed by atoms with Crippen molar-refractivity contribution < 1.29 is 9.52 Å². The summed E-state index contributed by atoms with van der Waals surface area (Å²) < 4.78 is 5.82. The Hall–Kier alpha value is -1.55. The first-order valence-electron chi connectivity index (χ1n) is 7.54. The third kappa shape index (κ3) is 3.12. The van der Waals surface area contributed by atoms with Crippen LogP contribution in [0.1, 0.15) is 25.5 Å². The highest BCUT2D eigenvalue weighted by molar-refractivity contribution is 6.04. The van der Waals surface area contributed by atoms with E-state index < -0.39 is 6.10 Å². The number of furan rings is 1. The predicted octanol–water partition coefficient (Wildman–Crippen LogP) is 4.38. The molecular formula is C18H22ClNO2. The molecule has 118 valence electrons. The lowest BCUT2D eigenvalue weighted by Crippen LogP contribution is -2.28. The zero-order chi connectivity index (χ0) is 14.8. The number of aliphatic hydroxyl groups is 1. The summed E-state index contributed by atoms with van der Waals surface area (Å²) in [6, 6.07) is 14.0. The summed E-state index contributed by atoms with van der Waals surface area (Å²) in [5, 5.41) is 12.6. The minimum absolute atomic E-state index is 0. The molecule has 0 radical (unpaired) electrons. The van der Waals surface area contributed by atoms with Crippen molar-refractivity contribution in [1.82, 2.24) is 4.90 Å². The number of likely N-dealkylation sites (N-methyl/N-ethyl adjacent to an activating group) is 1. The van der Waals surface area contributed by atoms with Crippen molar-refractivity contribution in [3.05, 3.63) is 48.0 Å². The van der Waals surface area contributed by atoms with Crippen LogP contribution in [-0.4, -0.2) is 29.6 Å². The molecule has 0 saturated carbocycles. The number of benzene rings is 2. The second kappa shape index (κ2) is 7.14. The SMILES string of the molecule is CCN(CC)CC(O)c1ccc2oc3ccccc3c2c1.Cl. The van der Waals surface area contributed by atoms with Crippen molar-refractivity contribution in [2.24, 2.45) is 0 Å². The summed E-state index contributed by atoms with van der Waals surface area (Å²) in [6.07, 6.45) is -0.469. The van der Waals surface area contributed by atoms with E-state index in [-0.39, 0.29) is 12.4 Å². The number of hydrogen-bond donors (Lipinski definition) is 1. The standard InChI is InChI=1S/C18H21NO2.ClH/c1-3-19(4-2)12-16(20)13-9-10-18-15(11-13)14-7-5-6-8-17(14)21-18;/h5-11,16,20H,3-4,12H2,1-2H3;1H. The van der Waals surface area contributed by atoms with Gasteiger partial charge in [0.1, 0.15) is 11.2 Å². The molecule has 0 aliphatic rings. The van der Waals surface area contributed by atoms with Crippen LogP contribution in [-0.2, 0) is 0 Å². The highest BCUT2D eigenvalue weighted by Gasteiger charge is 2.14. The Morgan fingerprint density at radius 1 is 1.00 bits per heavy atom. The maximum absolute atomic E-state index is 10.4. The highest BCUT2D eigenvalue weighted by Crippen LogP contribution is 2.30. The predicted molar refractivity (Wildman–Crippen MR) is 93.7 cm³/mol. The number of rotatable bonds is 5. The Balaban J connectivity index is 0.00000176. The zero-order valence-electron chi connectivity index (χ0n) is 13.0. The van der Waals surface area contributed by atoms with Crippen LogP contribution in [0.4, 0.5) is 0 Å². The van der Waals surface area contributed by atoms with E-state index in [1.54, 1.807) is 0 Å². The summed E-state index contributed by atoms with van der Waals surface area (Å²) in [5.41, 5.74) is 2.71. The molecule has 22 heavy (non-hydrogen) atoms. The van der Waals surface area contributed by atoms with Crippen LogP contribution in [0.5, 0.6) is 0 Å². The largest absolute Gasteiger partial charge is 0.456 e. The van der Waals surface area contributed by atoms with Crippen LogP contribution in [0, 0.1) is 0 Å². The fourth-order valence-electron chi connectivity index (χ4n) is 2.78. The van der Waals surface area contributed by atoms with E-state index in [4.69, 9.17) is 4.42 Å². The first-order valence-corrected chi connectivity index (χ1v) is 7.54. The maximum atomic E-state index is 10.4. The van der Waals surface area contributed by atoms with E-state index in [2.05, 4.69) is 30.9 Å². The van der Waals surface area contributed by atoms with E-state index in [0.717, 1.165) is 40.6 Å². The Kier molecular flexibility index (Phi) is 5.46. The summed E-state index contributed by atoms with van der Waals surface area (Å²) in [5.74, 6) is 0. The Bertz CT molecular complexity index is 749. The summed E-state index contributed by atoms with van der Waals surface area (Å²) in [7, 11) is 0. The van der Waals surface area contributed by atoms with Crippen LogP contribution in [0.25, 0.3) is 21.9 Å². The fourth-order valence-corrected chi connectivity index (χ4v) is 2.78. The first kappa shape index (κ1) is 16.8. The van der Waals surface area contributed by atoms with Crippen molar-refractivity contribution >= 4 is 34.3 Å². The van der Waals surface area contributed by atoms with Gasteiger partial charge in [0.05, 0.1) is 6.10 Å². The molecule has 0 fully saturated rings. The van der Waals surface area contributed by atoms with Gasteiger partial charge in [0, 0.05) is 17.3 Å². The molecule has 0 bridgehead atoms. The molecule has 1 unspecified atom stereocenters.